The molecule has 1 atom stereocenters. The van der Waals surface area contributed by atoms with Crippen LogP contribution >= 0.6 is 0 Å². The fourth-order valence-corrected chi connectivity index (χ4v) is 2.75. The Balaban J connectivity index is 1.94. The van der Waals surface area contributed by atoms with E-state index in [-0.39, 0.29) is 24.3 Å². The number of hydrogen-bond acceptors (Lipinski definition) is 2. The van der Waals surface area contributed by atoms with Gasteiger partial charge in [0.15, 0.2) is 0 Å². The maximum atomic E-state index is 13.1. The molecule has 2 aliphatic rings. The Morgan fingerprint density at radius 2 is 2.00 bits per heavy atom. The van der Waals surface area contributed by atoms with Crippen molar-refractivity contribution in [3.63, 3.8) is 0 Å². The molecule has 0 aromatic heterocycles. The predicted octanol–water partition coefficient (Wildman–Crippen LogP) is 2.02. The van der Waals surface area contributed by atoms with Crippen LogP contribution in [0.25, 0.3) is 0 Å². The van der Waals surface area contributed by atoms with E-state index in [4.69, 9.17) is 0 Å². The van der Waals surface area contributed by atoms with Crippen molar-refractivity contribution in [1.82, 2.24) is 10.2 Å². The number of amides is 1. The predicted molar refractivity (Wildman–Crippen MR) is 65.6 cm³/mol. The first-order valence-corrected chi connectivity index (χ1v) is 6.69. The highest BCUT2D eigenvalue weighted by Crippen LogP contribution is 2.31. The Bertz CT molecular complexity index is 331. The van der Waals surface area contributed by atoms with Gasteiger partial charge in [-0.05, 0) is 24.7 Å². The van der Waals surface area contributed by atoms with Crippen molar-refractivity contribution in [3.05, 3.63) is 0 Å². The third-order valence-corrected chi connectivity index (χ3v) is 4.06. The number of hydrogen-bond donors (Lipinski definition) is 1. The summed E-state index contributed by atoms with van der Waals surface area (Å²) in [6, 6.07) is -0.693. The van der Waals surface area contributed by atoms with Crippen LogP contribution in [0.5, 0.6) is 0 Å². The molecule has 3 nitrogen and oxygen atoms in total. The molecule has 0 aromatic rings. The van der Waals surface area contributed by atoms with Crippen LogP contribution in [0.15, 0.2) is 0 Å². The van der Waals surface area contributed by atoms with Crippen LogP contribution < -0.4 is 5.32 Å². The zero-order chi connectivity index (χ0) is 13.4. The van der Waals surface area contributed by atoms with Gasteiger partial charge in [-0.3, -0.25) is 10.1 Å². The summed E-state index contributed by atoms with van der Waals surface area (Å²) in [4.78, 5) is 13.9. The van der Waals surface area contributed by atoms with E-state index in [1.54, 1.807) is 4.90 Å². The van der Waals surface area contributed by atoms with Gasteiger partial charge in [-0.25, -0.2) is 8.78 Å². The third-order valence-electron chi connectivity index (χ3n) is 4.06. The third kappa shape index (κ3) is 3.19. The fourth-order valence-electron chi connectivity index (χ4n) is 2.75. The molecular weight excluding hydrogens is 238 g/mol. The molecule has 0 saturated carbocycles. The van der Waals surface area contributed by atoms with Crippen LogP contribution in [0.2, 0.25) is 0 Å². The number of nitrogens with one attached hydrogen (secondary N) is 1. The molecule has 1 unspecified atom stereocenters. The Labute approximate surface area is 107 Å². The summed E-state index contributed by atoms with van der Waals surface area (Å²) in [5.74, 6) is -2.88. The van der Waals surface area contributed by atoms with Crippen LogP contribution in [0.3, 0.4) is 0 Å². The number of halogens is 2. The van der Waals surface area contributed by atoms with E-state index in [1.165, 1.54) is 0 Å². The van der Waals surface area contributed by atoms with Crippen molar-refractivity contribution in [2.45, 2.75) is 51.5 Å². The van der Waals surface area contributed by atoms with Gasteiger partial charge in [-0.1, -0.05) is 13.8 Å². The van der Waals surface area contributed by atoms with Gasteiger partial charge in [0.2, 0.25) is 5.91 Å². The van der Waals surface area contributed by atoms with E-state index in [9.17, 15) is 13.6 Å². The lowest BCUT2D eigenvalue weighted by molar-refractivity contribution is -0.133. The minimum absolute atomic E-state index is 0.148. The number of likely N-dealkylation sites (tertiary alicyclic amines) is 1. The fraction of sp³-hybridized carbons (Fsp3) is 0.923. The second-order valence-electron chi connectivity index (χ2n) is 6.34. The number of alkyl halides is 2. The summed E-state index contributed by atoms with van der Waals surface area (Å²) in [5.41, 5.74) is 0.252. The summed E-state index contributed by atoms with van der Waals surface area (Å²) in [6.45, 7) is 5.41. The van der Waals surface area contributed by atoms with Crippen LogP contribution in [-0.4, -0.2) is 42.4 Å². The number of carbonyl (C=O) groups excluding carboxylic acids is 1. The van der Waals surface area contributed by atoms with E-state index >= 15 is 0 Å². The molecule has 1 amide bonds. The lowest BCUT2D eigenvalue weighted by Crippen LogP contribution is -2.44. The summed E-state index contributed by atoms with van der Waals surface area (Å²) in [6.07, 6.45) is 2.64. The summed E-state index contributed by atoms with van der Waals surface area (Å²) >= 11 is 0. The quantitative estimate of drug-likeness (QED) is 0.782. The molecule has 0 aliphatic carbocycles. The van der Waals surface area contributed by atoms with Crippen LogP contribution in [0, 0.1) is 5.41 Å². The van der Waals surface area contributed by atoms with Gasteiger partial charge >= 0.3 is 0 Å². The summed E-state index contributed by atoms with van der Waals surface area (Å²) in [5, 5.41) is 2.64. The number of nitrogens with zero attached hydrogens (tertiary/aromatic N) is 1. The van der Waals surface area contributed by atoms with Gasteiger partial charge in [0.25, 0.3) is 5.92 Å². The highest BCUT2D eigenvalue weighted by atomic mass is 19.3. The molecule has 0 radical (unpaired) electrons. The van der Waals surface area contributed by atoms with Gasteiger partial charge < -0.3 is 4.90 Å². The number of carbonyl (C=O) groups is 1. The average Bonchev–Trinajstić information content (AvgIpc) is 2.52. The zero-order valence-electron chi connectivity index (χ0n) is 11.1. The van der Waals surface area contributed by atoms with Gasteiger partial charge in [0.05, 0.1) is 12.6 Å². The second-order valence-corrected chi connectivity index (χ2v) is 6.34. The van der Waals surface area contributed by atoms with E-state index in [0.717, 1.165) is 19.3 Å². The van der Waals surface area contributed by atoms with E-state index in [2.05, 4.69) is 19.2 Å². The smallest absolute Gasteiger partial charge is 0.262 e. The van der Waals surface area contributed by atoms with Gasteiger partial charge in [-0.2, -0.15) is 0 Å². The molecule has 18 heavy (non-hydrogen) atoms. The van der Waals surface area contributed by atoms with Crippen molar-refractivity contribution in [3.8, 4) is 0 Å². The highest BCUT2D eigenvalue weighted by molar-refractivity contribution is 5.82. The largest absolute Gasteiger partial charge is 0.341 e. The van der Waals surface area contributed by atoms with E-state index in [1.807, 2.05) is 0 Å². The Kier molecular flexibility index (Phi) is 3.63. The molecule has 2 rings (SSSR count). The van der Waals surface area contributed by atoms with Gasteiger partial charge in [0.1, 0.15) is 0 Å². The molecule has 2 fully saturated rings. The Morgan fingerprint density at radius 3 is 2.61 bits per heavy atom. The molecule has 0 aromatic carbocycles. The molecule has 104 valence electrons. The summed E-state index contributed by atoms with van der Waals surface area (Å²) < 4.78 is 26.2. The first kappa shape index (κ1) is 13.7. The average molecular weight is 260 g/mol. The summed E-state index contributed by atoms with van der Waals surface area (Å²) in [7, 11) is 0. The first-order valence-electron chi connectivity index (χ1n) is 6.69. The monoisotopic (exact) mass is 260 g/mol. The van der Waals surface area contributed by atoms with Crippen LogP contribution in [0.1, 0.15) is 39.5 Å². The zero-order valence-corrected chi connectivity index (χ0v) is 11.1. The lowest BCUT2D eigenvalue weighted by Gasteiger charge is -2.25. The molecule has 0 spiro atoms. The Hall–Kier alpha value is -0.710. The minimum Gasteiger partial charge on any atom is -0.341 e. The van der Waals surface area contributed by atoms with Gasteiger partial charge in [0, 0.05) is 19.5 Å². The molecule has 2 aliphatic heterocycles. The van der Waals surface area contributed by atoms with E-state index in [0.29, 0.717) is 13.1 Å². The molecule has 2 saturated heterocycles. The second kappa shape index (κ2) is 4.76. The number of rotatable bonds is 1. The molecule has 0 bridgehead atoms. The molecular formula is C13H22F2N2O. The minimum atomic E-state index is -2.73. The van der Waals surface area contributed by atoms with Crippen molar-refractivity contribution >= 4 is 5.91 Å². The maximum Gasteiger partial charge on any atom is 0.262 e. The Morgan fingerprint density at radius 1 is 1.28 bits per heavy atom. The molecule has 1 N–H and O–H groups in total. The molecule has 5 heteroatoms. The molecule has 2 heterocycles. The highest BCUT2D eigenvalue weighted by Gasteiger charge is 2.43. The van der Waals surface area contributed by atoms with Crippen molar-refractivity contribution < 1.29 is 13.6 Å². The van der Waals surface area contributed by atoms with Crippen molar-refractivity contribution in [1.29, 1.82) is 0 Å². The standard InChI is InChI=1S/C13H22F2N2O/c1-12(2)4-3-6-17(7-5-12)11(18)10-8-13(14,15)9-16-10/h10,16H,3-9H2,1-2H3. The van der Waals surface area contributed by atoms with Crippen molar-refractivity contribution in [2.24, 2.45) is 5.41 Å². The lowest BCUT2D eigenvalue weighted by atomic mass is 9.85. The normalized spacial score (nSPS) is 31.1. The van der Waals surface area contributed by atoms with Crippen LogP contribution in [-0.2, 0) is 4.79 Å². The van der Waals surface area contributed by atoms with Crippen molar-refractivity contribution in [2.75, 3.05) is 19.6 Å². The van der Waals surface area contributed by atoms with Gasteiger partial charge in [-0.15, -0.1) is 0 Å². The van der Waals surface area contributed by atoms with E-state index < -0.39 is 12.0 Å². The topological polar surface area (TPSA) is 32.3 Å². The SMILES string of the molecule is CC1(C)CCCN(C(=O)C2CC(F)(F)CN2)CC1. The maximum absolute atomic E-state index is 13.1. The van der Waals surface area contributed by atoms with Crippen LogP contribution in [0.4, 0.5) is 8.78 Å². The first-order chi connectivity index (χ1) is 8.29.